The summed E-state index contributed by atoms with van der Waals surface area (Å²) in [5, 5.41) is 32.2. The lowest BCUT2D eigenvalue weighted by Gasteiger charge is -2.52. The average molecular weight is 417 g/mol. The van der Waals surface area contributed by atoms with Gasteiger partial charge < -0.3 is 26.2 Å². The summed E-state index contributed by atoms with van der Waals surface area (Å²) in [5.74, 6) is -1.98. The summed E-state index contributed by atoms with van der Waals surface area (Å²) in [6.07, 6.45) is 0.392. The number of carbonyl (C=O) groups is 3. The molecule has 2 fully saturated rings. The Balaban J connectivity index is 1.64. The molecule has 1 amide bonds. The second-order valence-corrected chi connectivity index (χ2v) is 8.51. The maximum Gasteiger partial charge on any atom is 0.317 e. The molecule has 0 aromatic carbocycles. The van der Waals surface area contributed by atoms with Gasteiger partial charge in [-0.25, -0.2) is 4.68 Å². The summed E-state index contributed by atoms with van der Waals surface area (Å²) in [7, 11) is 0. The van der Waals surface area contributed by atoms with Crippen LogP contribution in [0.1, 0.15) is 6.42 Å². The van der Waals surface area contributed by atoms with Gasteiger partial charge in [-0.3, -0.25) is 14.4 Å². The Morgan fingerprint density at radius 1 is 1.44 bits per heavy atom. The molecule has 2 aliphatic rings. The first kappa shape index (κ1) is 19.9. The van der Waals surface area contributed by atoms with E-state index in [-0.39, 0.29) is 30.1 Å². The Kier molecular flexibility index (Phi) is 5.88. The first-order valence-corrected chi connectivity index (χ1v) is 10.0. The maximum atomic E-state index is 12.0. The molecule has 2 saturated heterocycles. The molecule has 3 atom stereocenters. The number of aliphatic carboxylic acids is 2. The van der Waals surface area contributed by atoms with Crippen molar-refractivity contribution in [2.45, 2.75) is 28.9 Å². The third-order valence-corrected chi connectivity index (χ3v) is 7.17. The Hall–Kier alpha value is -1.90. The van der Waals surface area contributed by atoms with Gasteiger partial charge in [-0.15, -0.1) is 16.9 Å². The second kappa shape index (κ2) is 8.00. The van der Waals surface area contributed by atoms with Crippen molar-refractivity contribution in [3.8, 4) is 0 Å². The van der Waals surface area contributed by atoms with Crippen LogP contribution in [-0.2, 0) is 20.9 Å². The van der Waals surface area contributed by atoms with Crippen molar-refractivity contribution in [1.82, 2.24) is 30.4 Å². The van der Waals surface area contributed by atoms with Gasteiger partial charge in [0.1, 0.15) is 5.41 Å². The van der Waals surface area contributed by atoms with Crippen LogP contribution in [0.2, 0.25) is 0 Å². The van der Waals surface area contributed by atoms with Gasteiger partial charge in [-0.05, 0) is 10.4 Å². The molecule has 2 aliphatic heterocycles. The number of tetrazole rings is 1. The molecule has 1 aromatic rings. The van der Waals surface area contributed by atoms with Crippen molar-refractivity contribution in [2.24, 2.45) is 11.1 Å². The molecule has 148 valence electrons. The van der Waals surface area contributed by atoms with Gasteiger partial charge in [0.15, 0.2) is 0 Å². The number of fused-ring (bicyclic) bond motifs is 1. The Bertz CT molecular complexity index is 746. The normalized spacial score (nSPS) is 27.1. The number of nitrogens with two attached hydrogens (primary N) is 1. The summed E-state index contributed by atoms with van der Waals surface area (Å²) in [6.45, 7) is 0.559. The highest BCUT2D eigenvalue weighted by Gasteiger charge is 2.56. The van der Waals surface area contributed by atoms with Crippen molar-refractivity contribution in [3.63, 3.8) is 0 Å². The second-order valence-electron chi connectivity index (χ2n) is 6.24. The first-order chi connectivity index (χ1) is 12.8. The van der Waals surface area contributed by atoms with Crippen molar-refractivity contribution in [3.05, 3.63) is 0 Å². The third kappa shape index (κ3) is 4.02. The van der Waals surface area contributed by atoms with Gasteiger partial charge in [0.2, 0.25) is 11.1 Å². The van der Waals surface area contributed by atoms with Gasteiger partial charge >= 0.3 is 11.9 Å². The zero-order chi connectivity index (χ0) is 19.6. The largest absolute Gasteiger partial charge is 0.481 e. The van der Waals surface area contributed by atoms with Crippen LogP contribution < -0.4 is 11.1 Å². The van der Waals surface area contributed by atoms with Crippen molar-refractivity contribution >= 4 is 41.4 Å². The number of hydrogen-bond acceptors (Lipinski definition) is 10. The van der Waals surface area contributed by atoms with Crippen molar-refractivity contribution in [1.29, 1.82) is 0 Å². The van der Waals surface area contributed by atoms with Crippen LogP contribution in [0.25, 0.3) is 0 Å². The quantitative estimate of drug-likeness (QED) is 0.200. The molecular weight excluding hydrogens is 398 g/mol. The topological polar surface area (TPSA) is 177 Å². The number of aromatic nitrogens is 4. The fourth-order valence-electron chi connectivity index (χ4n) is 2.82. The highest BCUT2D eigenvalue weighted by atomic mass is 32.2. The highest BCUT2D eigenvalue weighted by Crippen LogP contribution is 2.46. The fraction of sp³-hybridized carbons (Fsp3) is 0.692. The van der Waals surface area contributed by atoms with Crippen LogP contribution in [-0.4, -0.2) is 89.3 Å². The minimum Gasteiger partial charge on any atom is -0.481 e. The average Bonchev–Trinajstić information content (AvgIpc) is 3.05. The van der Waals surface area contributed by atoms with Crippen LogP contribution in [0.15, 0.2) is 5.16 Å². The molecule has 0 saturated carbocycles. The molecule has 5 N–H and O–H groups in total. The zero-order valence-electron chi connectivity index (χ0n) is 14.1. The number of thioether (sulfide) groups is 2. The Morgan fingerprint density at radius 2 is 2.22 bits per heavy atom. The van der Waals surface area contributed by atoms with Gasteiger partial charge in [0.25, 0.3) is 0 Å². The van der Waals surface area contributed by atoms with E-state index < -0.39 is 22.7 Å². The van der Waals surface area contributed by atoms with E-state index in [0.29, 0.717) is 24.7 Å². The predicted molar refractivity (Wildman–Crippen MR) is 94.8 cm³/mol. The number of rotatable bonds is 9. The third-order valence-electron chi connectivity index (χ3n) is 4.48. The molecule has 0 aliphatic carbocycles. The van der Waals surface area contributed by atoms with Gasteiger partial charge in [0, 0.05) is 18.8 Å². The number of amides is 1. The number of carboxylic acid groups (broad SMARTS) is 2. The molecule has 1 aromatic heterocycles. The summed E-state index contributed by atoms with van der Waals surface area (Å²) in [5.41, 5.74) is 4.85. The van der Waals surface area contributed by atoms with Crippen molar-refractivity contribution in [2.75, 3.05) is 25.4 Å². The van der Waals surface area contributed by atoms with Gasteiger partial charge in [0.05, 0.1) is 30.3 Å². The van der Waals surface area contributed by atoms with Crippen LogP contribution in [0.3, 0.4) is 0 Å². The van der Waals surface area contributed by atoms with Crippen LogP contribution in [0, 0.1) is 5.41 Å². The molecule has 3 rings (SSSR count). The molecule has 12 nitrogen and oxygen atoms in total. The number of hydrogen-bond donors (Lipinski definition) is 4. The van der Waals surface area contributed by atoms with Crippen molar-refractivity contribution < 1.29 is 24.6 Å². The summed E-state index contributed by atoms with van der Waals surface area (Å²) in [4.78, 5) is 35.8. The summed E-state index contributed by atoms with van der Waals surface area (Å²) in [6, 6.07) is 0. The summed E-state index contributed by atoms with van der Waals surface area (Å²) < 4.78 is 1.47. The van der Waals surface area contributed by atoms with E-state index in [1.807, 2.05) is 0 Å². The monoisotopic (exact) mass is 417 g/mol. The fourth-order valence-corrected chi connectivity index (χ4v) is 5.52. The minimum atomic E-state index is -1.31. The molecule has 3 heterocycles. The molecular formula is C13H19N7O5S2. The molecule has 0 spiro atoms. The summed E-state index contributed by atoms with van der Waals surface area (Å²) >= 11 is 2.46. The number of β-lactam (4-membered cyclic amide) rings is 1. The highest BCUT2D eigenvalue weighted by molar-refractivity contribution is 8.01. The van der Waals surface area contributed by atoms with Gasteiger partial charge in [-0.2, -0.15) is 0 Å². The Labute approximate surface area is 162 Å². The van der Waals surface area contributed by atoms with Crippen LogP contribution in [0.5, 0.6) is 0 Å². The lowest BCUT2D eigenvalue weighted by Crippen LogP contribution is -2.66. The molecule has 0 bridgehead atoms. The van der Waals surface area contributed by atoms with Crippen LogP contribution >= 0.6 is 23.5 Å². The first-order valence-electron chi connectivity index (χ1n) is 8.09. The van der Waals surface area contributed by atoms with Crippen LogP contribution in [0.4, 0.5) is 0 Å². The van der Waals surface area contributed by atoms with E-state index in [2.05, 4.69) is 20.8 Å². The SMILES string of the molecule is NC1S[C@@H]2CC(=O)N2CC1(CSc1nnnn1CCNCC(=O)O)C(=O)O. The maximum absolute atomic E-state index is 12.0. The number of nitrogens with one attached hydrogen (secondary N) is 1. The lowest BCUT2D eigenvalue weighted by atomic mass is 9.87. The zero-order valence-corrected chi connectivity index (χ0v) is 15.8. The molecule has 14 heteroatoms. The number of nitrogens with zero attached hydrogens (tertiary/aromatic N) is 5. The minimum absolute atomic E-state index is 0.0457. The number of carboxylic acids is 2. The molecule has 27 heavy (non-hydrogen) atoms. The molecule has 2 unspecified atom stereocenters. The molecule has 0 radical (unpaired) electrons. The predicted octanol–water partition coefficient (Wildman–Crippen LogP) is -1.90. The van der Waals surface area contributed by atoms with E-state index in [1.54, 1.807) is 4.90 Å². The Morgan fingerprint density at radius 3 is 2.89 bits per heavy atom. The van der Waals surface area contributed by atoms with E-state index in [9.17, 15) is 19.5 Å². The number of carbonyl (C=O) groups excluding carboxylic acids is 1. The van der Waals surface area contributed by atoms with Gasteiger partial charge in [-0.1, -0.05) is 11.8 Å². The standard InChI is InChI=1S/C13H19N7O5S2/c14-10-13(11(24)25,5-19-7(21)3-8(19)27-10)6-26-12-16-17-18-20(12)2-1-15-4-9(22)23/h8,10,15H,1-6,14H2,(H,22,23)(H,24,25)/t8-,10?,13?/m1/s1. The van der Waals surface area contributed by atoms with E-state index in [4.69, 9.17) is 10.8 Å². The van der Waals surface area contributed by atoms with E-state index in [0.717, 1.165) is 11.8 Å². The van der Waals surface area contributed by atoms with E-state index in [1.165, 1.54) is 16.4 Å². The lowest BCUT2D eigenvalue weighted by molar-refractivity contribution is -0.155. The van der Waals surface area contributed by atoms with E-state index >= 15 is 0 Å². The smallest absolute Gasteiger partial charge is 0.317 e.